The van der Waals surface area contributed by atoms with Crippen LogP contribution in [0.5, 0.6) is 0 Å². The molecule has 0 radical (unpaired) electrons. The molecule has 0 spiro atoms. The van der Waals surface area contributed by atoms with Crippen molar-refractivity contribution in [3.63, 3.8) is 0 Å². The van der Waals surface area contributed by atoms with E-state index >= 15 is 0 Å². The standard InChI is InChI=1S/C14H24N2O5/c1-3-16(9-12(17)21-2)14(20)15-8-10-4-6-11(7-5-10)13(18)19/h10-11H,3-9H2,1-2H3,(H,15,20)(H,18,19). The van der Waals surface area contributed by atoms with Gasteiger partial charge >= 0.3 is 18.0 Å². The summed E-state index contributed by atoms with van der Waals surface area (Å²) in [5.74, 6) is -1.12. The Kier molecular flexibility index (Phi) is 6.98. The van der Waals surface area contributed by atoms with Crippen LogP contribution < -0.4 is 5.32 Å². The molecule has 1 rings (SSSR count). The Bertz CT molecular complexity index is 378. The van der Waals surface area contributed by atoms with Gasteiger partial charge in [0.1, 0.15) is 6.54 Å². The molecule has 1 fully saturated rings. The van der Waals surface area contributed by atoms with Crippen molar-refractivity contribution in [2.24, 2.45) is 11.8 Å². The lowest BCUT2D eigenvalue weighted by Crippen LogP contribution is -2.44. The predicted octanol–water partition coefficient (Wildman–Crippen LogP) is 1.08. The van der Waals surface area contributed by atoms with Crippen molar-refractivity contribution >= 4 is 18.0 Å². The fourth-order valence-electron chi connectivity index (χ4n) is 2.50. The molecule has 2 N–H and O–H groups in total. The first-order valence-corrected chi connectivity index (χ1v) is 7.30. The van der Waals surface area contributed by atoms with Crippen LogP contribution in [0.15, 0.2) is 0 Å². The second-order valence-electron chi connectivity index (χ2n) is 5.33. The summed E-state index contributed by atoms with van der Waals surface area (Å²) in [7, 11) is 1.29. The number of hydrogen-bond donors (Lipinski definition) is 2. The summed E-state index contributed by atoms with van der Waals surface area (Å²) in [5.41, 5.74) is 0. The SMILES string of the molecule is CCN(CC(=O)OC)C(=O)NCC1CCC(C(=O)O)CC1. The Labute approximate surface area is 124 Å². The lowest BCUT2D eigenvalue weighted by molar-refractivity contribution is -0.143. The number of urea groups is 1. The average Bonchev–Trinajstić information content (AvgIpc) is 2.50. The Morgan fingerprint density at radius 2 is 1.86 bits per heavy atom. The molecule has 21 heavy (non-hydrogen) atoms. The molecule has 120 valence electrons. The predicted molar refractivity (Wildman–Crippen MR) is 75.7 cm³/mol. The first-order valence-electron chi connectivity index (χ1n) is 7.30. The van der Waals surface area contributed by atoms with E-state index in [-0.39, 0.29) is 18.5 Å². The third-order valence-electron chi connectivity index (χ3n) is 3.95. The van der Waals surface area contributed by atoms with Crippen LogP contribution in [-0.4, -0.2) is 54.7 Å². The highest BCUT2D eigenvalue weighted by molar-refractivity contribution is 5.80. The third-order valence-corrected chi connectivity index (χ3v) is 3.95. The van der Waals surface area contributed by atoms with Crippen molar-refractivity contribution in [1.29, 1.82) is 0 Å². The van der Waals surface area contributed by atoms with Gasteiger partial charge in [-0.1, -0.05) is 0 Å². The average molecular weight is 300 g/mol. The van der Waals surface area contributed by atoms with Gasteiger partial charge < -0.3 is 20.1 Å². The summed E-state index contributed by atoms with van der Waals surface area (Å²) >= 11 is 0. The van der Waals surface area contributed by atoms with Gasteiger partial charge in [0.25, 0.3) is 0 Å². The monoisotopic (exact) mass is 300 g/mol. The van der Waals surface area contributed by atoms with Crippen LogP contribution in [0.2, 0.25) is 0 Å². The van der Waals surface area contributed by atoms with Gasteiger partial charge in [0, 0.05) is 13.1 Å². The number of carbonyl (C=O) groups is 3. The van der Waals surface area contributed by atoms with Gasteiger partial charge in [0.05, 0.1) is 13.0 Å². The van der Waals surface area contributed by atoms with Gasteiger partial charge in [-0.2, -0.15) is 0 Å². The van der Waals surface area contributed by atoms with Gasteiger partial charge in [0.2, 0.25) is 0 Å². The van der Waals surface area contributed by atoms with Gasteiger partial charge in [-0.05, 0) is 38.5 Å². The van der Waals surface area contributed by atoms with Crippen molar-refractivity contribution in [3.05, 3.63) is 0 Å². The minimum absolute atomic E-state index is 0.0649. The molecule has 1 aliphatic rings. The van der Waals surface area contributed by atoms with Gasteiger partial charge in [0.15, 0.2) is 0 Å². The van der Waals surface area contributed by atoms with Crippen molar-refractivity contribution in [1.82, 2.24) is 10.2 Å². The highest BCUT2D eigenvalue weighted by Gasteiger charge is 2.26. The molecule has 1 saturated carbocycles. The van der Waals surface area contributed by atoms with Gasteiger partial charge in [-0.3, -0.25) is 9.59 Å². The number of nitrogens with zero attached hydrogens (tertiary/aromatic N) is 1. The zero-order valence-corrected chi connectivity index (χ0v) is 12.6. The number of carboxylic acid groups (broad SMARTS) is 1. The summed E-state index contributed by atoms with van der Waals surface area (Å²) in [6.07, 6.45) is 2.94. The lowest BCUT2D eigenvalue weighted by Gasteiger charge is -2.27. The topological polar surface area (TPSA) is 95.9 Å². The van der Waals surface area contributed by atoms with E-state index in [9.17, 15) is 14.4 Å². The maximum Gasteiger partial charge on any atom is 0.325 e. The molecule has 0 unspecified atom stereocenters. The summed E-state index contributed by atoms with van der Waals surface area (Å²) in [6.45, 7) is 2.67. The fraction of sp³-hybridized carbons (Fsp3) is 0.786. The number of aliphatic carboxylic acids is 1. The maximum atomic E-state index is 12.0. The molecule has 1 aliphatic carbocycles. The van der Waals surface area contributed by atoms with E-state index in [0.29, 0.717) is 31.8 Å². The second kappa shape index (κ2) is 8.49. The van der Waals surface area contributed by atoms with E-state index in [1.54, 1.807) is 6.92 Å². The zero-order valence-electron chi connectivity index (χ0n) is 12.6. The number of ether oxygens (including phenoxy) is 1. The smallest absolute Gasteiger partial charge is 0.325 e. The van der Waals surface area contributed by atoms with Crippen LogP contribution in [0.4, 0.5) is 4.79 Å². The van der Waals surface area contributed by atoms with Crippen molar-refractivity contribution in [3.8, 4) is 0 Å². The molecule has 2 amide bonds. The number of rotatable bonds is 6. The summed E-state index contributed by atoms with van der Waals surface area (Å²) in [5, 5.41) is 11.7. The minimum Gasteiger partial charge on any atom is -0.481 e. The van der Waals surface area contributed by atoms with Gasteiger partial charge in [-0.15, -0.1) is 0 Å². The molecule has 0 aliphatic heterocycles. The van der Waals surface area contributed by atoms with Crippen molar-refractivity contribution in [2.45, 2.75) is 32.6 Å². The number of amides is 2. The number of carbonyl (C=O) groups excluding carboxylic acids is 2. The molecule has 0 aromatic rings. The molecule has 0 heterocycles. The number of methoxy groups -OCH3 is 1. The third kappa shape index (κ3) is 5.61. The van der Waals surface area contributed by atoms with E-state index in [2.05, 4.69) is 10.1 Å². The Morgan fingerprint density at radius 3 is 2.33 bits per heavy atom. The Balaban J connectivity index is 2.32. The molecular formula is C14H24N2O5. The van der Waals surface area contributed by atoms with E-state index < -0.39 is 11.9 Å². The molecule has 7 nitrogen and oxygen atoms in total. The second-order valence-corrected chi connectivity index (χ2v) is 5.33. The molecule has 0 saturated heterocycles. The van der Waals surface area contributed by atoms with Crippen LogP contribution in [0, 0.1) is 11.8 Å². The summed E-state index contributed by atoms with van der Waals surface area (Å²) < 4.78 is 4.55. The van der Waals surface area contributed by atoms with E-state index in [0.717, 1.165) is 12.8 Å². The minimum atomic E-state index is -0.729. The van der Waals surface area contributed by atoms with E-state index in [1.165, 1.54) is 12.0 Å². The number of hydrogen-bond acceptors (Lipinski definition) is 4. The number of nitrogens with one attached hydrogen (secondary N) is 1. The lowest BCUT2D eigenvalue weighted by atomic mass is 9.82. The highest BCUT2D eigenvalue weighted by Crippen LogP contribution is 2.28. The number of carboxylic acids is 1. The maximum absolute atomic E-state index is 12.0. The molecule has 0 atom stereocenters. The summed E-state index contributed by atoms with van der Waals surface area (Å²) in [6, 6.07) is -0.289. The largest absolute Gasteiger partial charge is 0.481 e. The number of likely N-dealkylation sites (N-methyl/N-ethyl adjacent to an activating group) is 1. The number of esters is 1. The molecular weight excluding hydrogens is 276 g/mol. The first kappa shape index (κ1) is 17.3. The van der Waals surface area contributed by atoms with Crippen LogP contribution in [0.25, 0.3) is 0 Å². The normalized spacial score (nSPS) is 21.4. The fourth-order valence-corrected chi connectivity index (χ4v) is 2.50. The van der Waals surface area contributed by atoms with Gasteiger partial charge in [-0.25, -0.2) is 4.79 Å². The summed E-state index contributed by atoms with van der Waals surface area (Å²) in [4.78, 5) is 35.4. The zero-order chi connectivity index (χ0) is 15.8. The molecule has 0 bridgehead atoms. The first-order chi connectivity index (χ1) is 9.97. The van der Waals surface area contributed by atoms with Crippen LogP contribution >= 0.6 is 0 Å². The van der Waals surface area contributed by atoms with E-state index in [4.69, 9.17) is 5.11 Å². The van der Waals surface area contributed by atoms with E-state index in [1.807, 2.05) is 0 Å². The Morgan fingerprint density at radius 1 is 1.24 bits per heavy atom. The van der Waals surface area contributed by atoms with Crippen molar-refractivity contribution < 1.29 is 24.2 Å². The molecule has 0 aromatic carbocycles. The quantitative estimate of drug-likeness (QED) is 0.716. The highest BCUT2D eigenvalue weighted by atomic mass is 16.5. The molecule has 7 heteroatoms. The molecule has 0 aromatic heterocycles. The van der Waals surface area contributed by atoms with Crippen molar-refractivity contribution in [2.75, 3.05) is 26.7 Å². The van der Waals surface area contributed by atoms with Crippen LogP contribution in [0.3, 0.4) is 0 Å². The van der Waals surface area contributed by atoms with Crippen LogP contribution in [0.1, 0.15) is 32.6 Å². The van der Waals surface area contributed by atoms with Crippen LogP contribution in [-0.2, 0) is 14.3 Å². The Hall–Kier alpha value is -1.79.